The van der Waals surface area contributed by atoms with E-state index in [9.17, 15) is 4.79 Å². The third-order valence-corrected chi connectivity index (χ3v) is 2.84. The molecule has 90 valence electrons. The number of pyridine rings is 1. The summed E-state index contributed by atoms with van der Waals surface area (Å²) in [5.41, 5.74) is 1.21. The molecule has 1 aromatic rings. The lowest BCUT2D eigenvalue weighted by Crippen LogP contribution is -2.24. The highest BCUT2D eigenvalue weighted by Crippen LogP contribution is 2.35. The Kier molecular flexibility index (Phi) is 3.64. The van der Waals surface area contributed by atoms with Crippen molar-refractivity contribution in [1.82, 2.24) is 10.3 Å². The van der Waals surface area contributed by atoms with Gasteiger partial charge in [-0.25, -0.2) is 9.78 Å². The molecule has 1 heterocycles. The molecule has 0 aliphatic heterocycles. The average molecular weight is 252 g/mol. The lowest BCUT2D eigenvalue weighted by atomic mass is 10.2. The van der Waals surface area contributed by atoms with Crippen LogP contribution >= 0.6 is 11.6 Å². The number of aromatic nitrogens is 1. The number of hydrogen-bond acceptors (Lipinski definition) is 2. The van der Waals surface area contributed by atoms with Crippen LogP contribution in [0.15, 0.2) is 30.1 Å². The average Bonchev–Trinajstić information content (AvgIpc) is 3.13. The molecule has 2 rings (SSSR count). The maximum atomic E-state index is 11.5. The van der Waals surface area contributed by atoms with E-state index in [2.05, 4.69) is 15.6 Å². The molecule has 2 N–H and O–H groups in total. The van der Waals surface area contributed by atoms with Crippen LogP contribution in [0.25, 0.3) is 0 Å². The van der Waals surface area contributed by atoms with E-state index in [1.165, 1.54) is 24.6 Å². The summed E-state index contributed by atoms with van der Waals surface area (Å²) in [5.74, 6) is 1.13. The normalized spacial score (nSPS) is 15.5. The van der Waals surface area contributed by atoms with Crippen molar-refractivity contribution in [3.05, 3.63) is 35.1 Å². The van der Waals surface area contributed by atoms with Crippen LogP contribution in [0.2, 0.25) is 5.02 Å². The van der Waals surface area contributed by atoms with Crippen molar-refractivity contribution in [3.8, 4) is 0 Å². The van der Waals surface area contributed by atoms with Crippen molar-refractivity contribution in [2.45, 2.75) is 19.8 Å². The van der Waals surface area contributed by atoms with Crippen LogP contribution in [0, 0.1) is 5.92 Å². The van der Waals surface area contributed by atoms with E-state index in [1.807, 2.05) is 6.92 Å². The second kappa shape index (κ2) is 5.19. The van der Waals surface area contributed by atoms with Crippen molar-refractivity contribution in [3.63, 3.8) is 0 Å². The Morgan fingerprint density at radius 3 is 2.88 bits per heavy atom. The Labute approximate surface area is 105 Å². The number of nitrogens with one attached hydrogen (secondary N) is 2. The largest absolute Gasteiger partial charge is 0.324 e. The Balaban J connectivity index is 1.84. The van der Waals surface area contributed by atoms with Crippen LogP contribution < -0.4 is 10.6 Å². The quantitative estimate of drug-likeness (QED) is 0.867. The predicted octanol–water partition coefficient (Wildman–Crippen LogP) is 3.17. The predicted molar refractivity (Wildman–Crippen MR) is 67.9 cm³/mol. The monoisotopic (exact) mass is 251 g/mol. The molecule has 0 saturated heterocycles. The maximum absolute atomic E-state index is 11.5. The standard InChI is InChI=1S/C12H14ClN3O/c1-8(9-2-3-9)6-15-12(17)16-11-5-4-10(13)7-14-11/h4-7,9H,2-3H2,1H3,(H2,14,15,16,17)/b8-6+. The van der Waals surface area contributed by atoms with Gasteiger partial charge in [-0.2, -0.15) is 0 Å². The first-order valence-corrected chi connectivity index (χ1v) is 5.88. The van der Waals surface area contributed by atoms with Gasteiger partial charge >= 0.3 is 6.03 Å². The fourth-order valence-corrected chi connectivity index (χ4v) is 1.55. The molecule has 5 heteroatoms. The van der Waals surface area contributed by atoms with E-state index < -0.39 is 0 Å². The minimum atomic E-state index is -0.292. The fourth-order valence-electron chi connectivity index (χ4n) is 1.44. The van der Waals surface area contributed by atoms with Gasteiger partial charge in [0, 0.05) is 12.4 Å². The van der Waals surface area contributed by atoms with Gasteiger partial charge in [-0.1, -0.05) is 17.2 Å². The van der Waals surface area contributed by atoms with Gasteiger partial charge in [0.2, 0.25) is 0 Å². The van der Waals surface area contributed by atoms with Gasteiger partial charge in [0.15, 0.2) is 0 Å². The molecule has 17 heavy (non-hydrogen) atoms. The Morgan fingerprint density at radius 2 is 2.29 bits per heavy atom. The molecule has 0 radical (unpaired) electrons. The number of urea groups is 1. The number of nitrogens with zero attached hydrogens (tertiary/aromatic N) is 1. The zero-order valence-corrected chi connectivity index (χ0v) is 10.3. The smallest absolute Gasteiger partial charge is 0.314 e. The van der Waals surface area contributed by atoms with Crippen LogP contribution in [-0.4, -0.2) is 11.0 Å². The van der Waals surface area contributed by atoms with E-state index in [0.717, 1.165) is 0 Å². The molecular weight excluding hydrogens is 238 g/mol. The minimum absolute atomic E-state index is 0.292. The van der Waals surface area contributed by atoms with E-state index in [4.69, 9.17) is 11.6 Å². The number of amides is 2. The SMILES string of the molecule is C/C(=C\NC(=O)Nc1ccc(Cl)cn1)C1CC1. The number of carbonyl (C=O) groups excluding carboxylic acids is 1. The van der Waals surface area contributed by atoms with Gasteiger partial charge < -0.3 is 5.32 Å². The second-order valence-electron chi connectivity index (χ2n) is 4.12. The third kappa shape index (κ3) is 3.75. The summed E-state index contributed by atoms with van der Waals surface area (Å²) < 4.78 is 0. The van der Waals surface area contributed by atoms with Crippen molar-refractivity contribution >= 4 is 23.4 Å². The molecule has 0 aromatic carbocycles. The number of allylic oxidation sites excluding steroid dienone is 1. The van der Waals surface area contributed by atoms with Gasteiger partial charge in [0.1, 0.15) is 5.82 Å². The molecule has 0 spiro atoms. The van der Waals surface area contributed by atoms with Crippen LogP contribution in [-0.2, 0) is 0 Å². The summed E-state index contributed by atoms with van der Waals surface area (Å²) >= 11 is 5.69. The summed E-state index contributed by atoms with van der Waals surface area (Å²) in [7, 11) is 0. The molecular formula is C12H14ClN3O. The van der Waals surface area contributed by atoms with E-state index in [0.29, 0.717) is 16.8 Å². The molecule has 4 nitrogen and oxygen atoms in total. The topological polar surface area (TPSA) is 54.0 Å². The van der Waals surface area contributed by atoms with Gasteiger partial charge in [0.05, 0.1) is 5.02 Å². The number of hydrogen-bond donors (Lipinski definition) is 2. The van der Waals surface area contributed by atoms with Crippen LogP contribution in [0.5, 0.6) is 0 Å². The van der Waals surface area contributed by atoms with Gasteiger partial charge in [0.25, 0.3) is 0 Å². The zero-order chi connectivity index (χ0) is 12.3. The summed E-state index contributed by atoms with van der Waals surface area (Å²) in [6.45, 7) is 2.03. The van der Waals surface area contributed by atoms with Crippen LogP contribution in [0.3, 0.4) is 0 Å². The first kappa shape index (κ1) is 11.9. The Bertz CT molecular complexity index is 438. The number of rotatable bonds is 3. The zero-order valence-electron chi connectivity index (χ0n) is 9.53. The Morgan fingerprint density at radius 1 is 1.53 bits per heavy atom. The molecule has 1 aromatic heterocycles. The minimum Gasteiger partial charge on any atom is -0.314 e. The highest BCUT2D eigenvalue weighted by Gasteiger charge is 2.22. The molecule has 0 unspecified atom stereocenters. The molecule has 1 aliphatic rings. The molecule has 1 aliphatic carbocycles. The van der Waals surface area contributed by atoms with E-state index in [-0.39, 0.29) is 6.03 Å². The van der Waals surface area contributed by atoms with Crippen molar-refractivity contribution in [2.24, 2.45) is 5.92 Å². The molecule has 1 fully saturated rings. The summed E-state index contributed by atoms with van der Waals surface area (Å²) in [4.78, 5) is 15.5. The van der Waals surface area contributed by atoms with Crippen molar-refractivity contribution in [1.29, 1.82) is 0 Å². The summed E-state index contributed by atoms with van der Waals surface area (Å²) in [6.07, 6.45) is 5.69. The molecule has 1 saturated carbocycles. The third-order valence-electron chi connectivity index (χ3n) is 2.62. The Hall–Kier alpha value is -1.55. The first-order valence-electron chi connectivity index (χ1n) is 5.51. The lowest BCUT2D eigenvalue weighted by Gasteiger charge is -2.04. The number of anilines is 1. The highest BCUT2D eigenvalue weighted by atomic mass is 35.5. The maximum Gasteiger partial charge on any atom is 0.324 e. The lowest BCUT2D eigenvalue weighted by molar-refractivity contribution is 0.255. The second-order valence-corrected chi connectivity index (χ2v) is 4.56. The summed E-state index contributed by atoms with van der Waals surface area (Å²) in [5, 5.41) is 5.84. The van der Waals surface area contributed by atoms with Gasteiger partial charge in [-0.05, 0) is 37.8 Å². The van der Waals surface area contributed by atoms with E-state index in [1.54, 1.807) is 18.3 Å². The highest BCUT2D eigenvalue weighted by molar-refractivity contribution is 6.30. The number of carbonyl (C=O) groups is 1. The van der Waals surface area contributed by atoms with Crippen LogP contribution in [0.4, 0.5) is 10.6 Å². The molecule has 0 atom stereocenters. The van der Waals surface area contributed by atoms with Gasteiger partial charge in [-0.3, -0.25) is 5.32 Å². The molecule has 0 bridgehead atoms. The summed E-state index contributed by atoms with van der Waals surface area (Å²) in [6, 6.07) is 3.04. The fraction of sp³-hybridized carbons (Fsp3) is 0.333. The van der Waals surface area contributed by atoms with E-state index >= 15 is 0 Å². The van der Waals surface area contributed by atoms with Gasteiger partial charge in [-0.15, -0.1) is 0 Å². The van der Waals surface area contributed by atoms with Crippen molar-refractivity contribution in [2.75, 3.05) is 5.32 Å². The van der Waals surface area contributed by atoms with Crippen LogP contribution in [0.1, 0.15) is 19.8 Å². The van der Waals surface area contributed by atoms with Crippen molar-refractivity contribution < 1.29 is 4.79 Å². The molecule has 2 amide bonds. The first-order chi connectivity index (χ1) is 8.15. The number of halogens is 1.